The molecule has 0 amide bonds. The second-order valence-corrected chi connectivity index (χ2v) is 12.5. The van der Waals surface area contributed by atoms with Crippen LogP contribution in [0.2, 0.25) is 0 Å². The van der Waals surface area contributed by atoms with E-state index in [0.717, 1.165) is 55.0 Å². The topological polar surface area (TPSA) is 48.5 Å². The van der Waals surface area contributed by atoms with Gasteiger partial charge in [-0.2, -0.15) is 9.97 Å². The molecule has 50 heavy (non-hydrogen) atoms. The standard InChI is InChI=1S/C45H29N5/c1-4-16-30(17-5-1)33-22-10-13-25-37(33)49-39-27-15-12-24-36(39)41-40(49)29-28-35-34-23-11-14-26-38(34)50(42(35)41)45-47-43(31-18-6-2-7-19-31)46-44(48-45)32-20-8-3-9-21-32/h1-29H. The molecule has 10 aromatic rings. The predicted octanol–water partition coefficient (Wildman–Crippen LogP) is 11.1. The van der Waals surface area contributed by atoms with Gasteiger partial charge in [-0.25, -0.2) is 4.98 Å². The van der Waals surface area contributed by atoms with E-state index in [1.807, 2.05) is 36.4 Å². The Balaban J connectivity index is 1.35. The Hall–Kier alpha value is -6.85. The zero-order valence-corrected chi connectivity index (χ0v) is 27.0. The van der Waals surface area contributed by atoms with Crippen molar-refractivity contribution in [3.8, 4) is 45.5 Å². The van der Waals surface area contributed by atoms with Gasteiger partial charge >= 0.3 is 0 Å². The summed E-state index contributed by atoms with van der Waals surface area (Å²) in [6.45, 7) is 0. The maximum Gasteiger partial charge on any atom is 0.238 e. The minimum atomic E-state index is 0.581. The Morgan fingerprint density at radius 3 is 1.52 bits per heavy atom. The van der Waals surface area contributed by atoms with Gasteiger partial charge in [0.1, 0.15) is 0 Å². The van der Waals surface area contributed by atoms with Crippen molar-refractivity contribution >= 4 is 43.6 Å². The number of para-hydroxylation sites is 3. The molecular weight excluding hydrogens is 611 g/mol. The van der Waals surface area contributed by atoms with Crippen LogP contribution >= 0.6 is 0 Å². The van der Waals surface area contributed by atoms with Crippen LogP contribution in [0.5, 0.6) is 0 Å². The predicted molar refractivity (Wildman–Crippen MR) is 205 cm³/mol. The molecule has 0 radical (unpaired) electrons. The van der Waals surface area contributed by atoms with Gasteiger partial charge < -0.3 is 4.57 Å². The van der Waals surface area contributed by atoms with Gasteiger partial charge in [0, 0.05) is 38.2 Å². The quantitative estimate of drug-likeness (QED) is 0.188. The molecule has 5 nitrogen and oxygen atoms in total. The van der Waals surface area contributed by atoms with E-state index in [4.69, 9.17) is 15.0 Å². The first-order chi connectivity index (χ1) is 24.8. The van der Waals surface area contributed by atoms with Crippen LogP contribution in [-0.2, 0) is 0 Å². The summed E-state index contributed by atoms with van der Waals surface area (Å²) in [7, 11) is 0. The van der Waals surface area contributed by atoms with Crippen molar-refractivity contribution in [2.24, 2.45) is 0 Å². The van der Waals surface area contributed by atoms with Crippen LogP contribution in [-0.4, -0.2) is 24.1 Å². The van der Waals surface area contributed by atoms with Crippen LogP contribution in [0.4, 0.5) is 0 Å². The number of hydrogen-bond acceptors (Lipinski definition) is 3. The van der Waals surface area contributed by atoms with E-state index in [-0.39, 0.29) is 0 Å². The summed E-state index contributed by atoms with van der Waals surface area (Å²) in [6, 6.07) is 61.4. The van der Waals surface area contributed by atoms with Crippen molar-refractivity contribution in [1.29, 1.82) is 0 Å². The number of benzene rings is 7. The fourth-order valence-corrected chi connectivity index (χ4v) is 7.40. The van der Waals surface area contributed by atoms with Gasteiger partial charge in [0.15, 0.2) is 11.6 Å². The lowest BCUT2D eigenvalue weighted by atomic mass is 10.0. The van der Waals surface area contributed by atoms with E-state index in [9.17, 15) is 0 Å². The SMILES string of the molecule is c1ccc(-c2nc(-c3ccccc3)nc(-n3c4ccccc4c4ccc5c(c6ccccc6n5-c5ccccc5-c5ccccc5)c43)n2)cc1. The molecule has 0 saturated heterocycles. The third-order valence-corrected chi connectivity index (χ3v) is 9.59. The summed E-state index contributed by atoms with van der Waals surface area (Å²) < 4.78 is 4.65. The minimum absolute atomic E-state index is 0.581. The fourth-order valence-electron chi connectivity index (χ4n) is 7.40. The normalized spacial score (nSPS) is 11.6. The van der Waals surface area contributed by atoms with E-state index in [2.05, 4.69) is 149 Å². The molecule has 0 fully saturated rings. The van der Waals surface area contributed by atoms with E-state index in [1.54, 1.807) is 0 Å². The molecule has 5 heteroatoms. The van der Waals surface area contributed by atoms with Crippen LogP contribution in [0.25, 0.3) is 89.2 Å². The first-order valence-electron chi connectivity index (χ1n) is 16.8. The first-order valence-corrected chi connectivity index (χ1v) is 16.8. The fraction of sp³-hybridized carbons (Fsp3) is 0. The number of aromatic nitrogens is 5. The molecule has 7 aromatic carbocycles. The van der Waals surface area contributed by atoms with Crippen LogP contribution in [0, 0.1) is 0 Å². The van der Waals surface area contributed by atoms with Gasteiger partial charge in [-0.3, -0.25) is 4.57 Å². The average molecular weight is 640 g/mol. The maximum atomic E-state index is 5.21. The maximum absolute atomic E-state index is 5.21. The molecule has 0 aliphatic heterocycles. The third kappa shape index (κ3) is 4.37. The summed E-state index contributed by atoms with van der Waals surface area (Å²) in [4.78, 5) is 15.4. The third-order valence-electron chi connectivity index (χ3n) is 9.59. The van der Waals surface area contributed by atoms with Crippen molar-refractivity contribution in [1.82, 2.24) is 24.1 Å². The van der Waals surface area contributed by atoms with Crippen molar-refractivity contribution < 1.29 is 0 Å². The highest BCUT2D eigenvalue weighted by molar-refractivity contribution is 6.26. The molecule has 0 N–H and O–H groups in total. The second kappa shape index (κ2) is 11.4. The van der Waals surface area contributed by atoms with Gasteiger partial charge in [0.25, 0.3) is 0 Å². The number of hydrogen-bond donors (Lipinski definition) is 0. The number of nitrogens with zero attached hydrogens (tertiary/aromatic N) is 5. The Morgan fingerprint density at radius 2 is 0.860 bits per heavy atom. The smallest absolute Gasteiger partial charge is 0.238 e. The molecule has 3 aromatic heterocycles. The van der Waals surface area contributed by atoms with Gasteiger partial charge in [0.2, 0.25) is 5.95 Å². The number of fused-ring (bicyclic) bond motifs is 7. The lowest BCUT2D eigenvalue weighted by Crippen LogP contribution is -2.06. The molecule has 0 aliphatic rings. The van der Waals surface area contributed by atoms with E-state index >= 15 is 0 Å². The van der Waals surface area contributed by atoms with Crippen molar-refractivity contribution in [3.05, 3.63) is 176 Å². The molecule has 0 saturated carbocycles. The molecule has 0 aliphatic carbocycles. The number of rotatable bonds is 5. The highest BCUT2D eigenvalue weighted by Gasteiger charge is 2.23. The van der Waals surface area contributed by atoms with Gasteiger partial charge in [-0.1, -0.05) is 152 Å². The summed E-state index contributed by atoms with van der Waals surface area (Å²) in [5.41, 5.74) is 9.73. The highest BCUT2D eigenvalue weighted by Crippen LogP contribution is 2.43. The molecule has 0 spiro atoms. The van der Waals surface area contributed by atoms with Gasteiger partial charge in [0.05, 0.1) is 27.8 Å². The monoisotopic (exact) mass is 639 g/mol. The molecule has 0 atom stereocenters. The Kier molecular flexibility index (Phi) is 6.42. The largest absolute Gasteiger partial charge is 0.309 e. The van der Waals surface area contributed by atoms with Gasteiger partial charge in [-0.15, -0.1) is 0 Å². The van der Waals surface area contributed by atoms with Crippen LogP contribution in [0.1, 0.15) is 0 Å². The summed E-state index contributed by atoms with van der Waals surface area (Å²) >= 11 is 0. The molecule has 0 unspecified atom stereocenters. The minimum Gasteiger partial charge on any atom is -0.309 e. The van der Waals surface area contributed by atoms with Crippen molar-refractivity contribution in [2.75, 3.05) is 0 Å². The molecule has 0 bridgehead atoms. The summed E-state index contributed by atoms with van der Waals surface area (Å²) in [5, 5.41) is 4.62. The average Bonchev–Trinajstić information content (AvgIpc) is 3.72. The van der Waals surface area contributed by atoms with E-state index < -0.39 is 0 Å². The molecule has 3 heterocycles. The highest BCUT2D eigenvalue weighted by atomic mass is 15.2. The van der Waals surface area contributed by atoms with Crippen LogP contribution < -0.4 is 0 Å². The van der Waals surface area contributed by atoms with Crippen LogP contribution in [0.3, 0.4) is 0 Å². The lowest BCUT2D eigenvalue weighted by molar-refractivity contribution is 0.955. The second-order valence-electron chi connectivity index (χ2n) is 12.5. The van der Waals surface area contributed by atoms with E-state index in [1.165, 1.54) is 16.5 Å². The Morgan fingerprint density at radius 1 is 0.340 bits per heavy atom. The van der Waals surface area contributed by atoms with E-state index in [0.29, 0.717) is 17.6 Å². The Bertz CT molecular complexity index is 2800. The molecule has 234 valence electrons. The molecular formula is C45H29N5. The molecule has 10 rings (SSSR count). The van der Waals surface area contributed by atoms with Crippen molar-refractivity contribution in [2.45, 2.75) is 0 Å². The Labute approximate surface area is 288 Å². The van der Waals surface area contributed by atoms with Gasteiger partial charge in [-0.05, 0) is 29.8 Å². The zero-order valence-electron chi connectivity index (χ0n) is 27.0. The first kappa shape index (κ1) is 28.2. The zero-order chi connectivity index (χ0) is 33.0. The lowest BCUT2D eigenvalue weighted by Gasteiger charge is -2.14. The summed E-state index contributed by atoms with van der Waals surface area (Å²) in [6.07, 6.45) is 0. The van der Waals surface area contributed by atoms with Crippen molar-refractivity contribution in [3.63, 3.8) is 0 Å². The van der Waals surface area contributed by atoms with Crippen LogP contribution in [0.15, 0.2) is 176 Å². The summed E-state index contributed by atoms with van der Waals surface area (Å²) in [5.74, 6) is 1.84.